The second kappa shape index (κ2) is 8.01. The maximum Gasteiger partial charge on any atom is 0.0278 e. The minimum absolute atomic E-state index is 0.0991. The van der Waals surface area contributed by atoms with Crippen LogP contribution in [-0.4, -0.2) is 18.6 Å². The van der Waals surface area contributed by atoms with E-state index in [1.807, 2.05) is 6.08 Å². The number of nitrogens with one attached hydrogen (secondary N) is 1. The van der Waals surface area contributed by atoms with E-state index in [2.05, 4.69) is 25.7 Å². The van der Waals surface area contributed by atoms with E-state index in [0.717, 1.165) is 13.0 Å². The molecule has 0 aromatic carbocycles. The summed E-state index contributed by atoms with van der Waals surface area (Å²) in [6.07, 6.45) is 8.27. The molecule has 0 fully saturated rings. The first kappa shape index (κ1) is 13.7. The van der Waals surface area contributed by atoms with Gasteiger partial charge in [0.2, 0.25) is 0 Å². The first-order valence-corrected chi connectivity index (χ1v) is 5.74. The molecule has 0 heterocycles. The molecule has 0 amide bonds. The lowest BCUT2D eigenvalue weighted by Crippen LogP contribution is -2.48. The highest BCUT2D eigenvalue weighted by Crippen LogP contribution is 2.13. The summed E-state index contributed by atoms with van der Waals surface area (Å²) >= 11 is 0. The van der Waals surface area contributed by atoms with E-state index in [-0.39, 0.29) is 5.54 Å². The Bertz CT molecular complexity index is 145. The Balaban J connectivity index is 3.68. The second-order valence-electron chi connectivity index (χ2n) is 4.25. The molecular weight excluding hydrogens is 172 g/mol. The first-order valence-electron chi connectivity index (χ1n) is 5.74. The van der Waals surface area contributed by atoms with E-state index < -0.39 is 0 Å². The van der Waals surface area contributed by atoms with Gasteiger partial charge < -0.3 is 11.1 Å². The molecule has 14 heavy (non-hydrogen) atoms. The van der Waals surface area contributed by atoms with Gasteiger partial charge in [0, 0.05) is 18.6 Å². The van der Waals surface area contributed by atoms with Gasteiger partial charge in [-0.1, -0.05) is 38.7 Å². The van der Waals surface area contributed by atoms with Crippen LogP contribution in [0.1, 0.15) is 46.0 Å². The molecule has 1 unspecified atom stereocenters. The van der Waals surface area contributed by atoms with Crippen molar-refractivity contribution in [3.8, 4) is 0 Å². The van der Waals surface area contributed by atoms with E-state index >= 15 is 0 Å². The number of hydrogen-bond acceptors (Lipinski definition) is 2. The number of unbranched alkanes of at least 4 members (excludes halogenated alkanes) is 3. The van der Waals surface area contributed by atoms with Crippen LogP contribution in [0.5, 0.6) is 0 Å². The molecule has 3 N–H and O–H groups in total. The minimum atomic E-state index is 0.0991. The van der Waals surface area contributed by atoms with Crippen molar-refractivity contribution in [2.45, 2.75) is 51.5 Å². The Morgan fingerprint density at radius 2 is 2.07 bits per heavy atom. The molecule has 0 aliphatic carbocycles. The van der Waals surface area contributed by atoms with E-state index in [4.69, 9.17) is 5.73 Å². The summed E-state index contributed by atoms with van der Waals surface area (Å²) in [5, 5.41) is 3.43. The van der Waals surface area contributed by atoms with Gasteiger partial charge in [-0.15, -0.1) is 6.58 Å². The maximum absolute atomic E-state index is 5.77. The fourth-order valence-electron chi connectivity index (χ4n) is 1.52. The fraction of sp³-hybridized carbons (Fsp3) is 0.833. The average molecular weight is 198 g/mol. The molecule has 0 aromatic rings. The molecule has 0 saturated heterocycles. The molecule has 0 rings (SSSR count). The van der Waals surface area contributed by atoms with Gasteiger partial charge in [0.05, 0.1) is 0 Å². The van der Waals surface area contributed by atoms with E-state index in [0.29, 0.717) is 6.54 Å². The summed E-state index contributed by atoms with van der Waals surface area (Å²) in [6.45, 7) is 9.69. The summed E-state index contributed by atoms with van der Waals surface area (Å²) in [7, 11) is 0. The Kier molecular flexibility index (Phi) is 7.81. The molecule has 0 saturated carbocycles. The fourth-order valence-corrected chi connectivity index (χ4v) is 1.52. The van der Waals surface area contributed by atoms with E-state index in [9.17, 15) is 0 Å². The molecule has 0 radical (unpaired) electrons. The second-order valence-corrected chi connectivity index (χ2v) is 4.25. The standard InChI is InChI=1S/C12H26N2/c1-4-6-7-8-9-12(3,11-13)14-10-5-2/h5,14H,2,4,6-11,13H2,1,3H3. The summed E-state index contributed by atoms with van der Waals surface area (Å²) < 4.78 is 0. The smallest absolute Gasteiger partial charge is 0.0278 e. The molecule has 2 nitrogen and oxygen atoms in total. The van der Waals surface area contributed by atoms with Crippen molar-refractivity contribution in [3.63, 3.8) is 0 Å². The van der Waals surface area contributed by atoms with Gasteiger partial charge in [0.1, 0.15) is 0 Å². The van der Waals surface area contributed by atoms with Gasteiger partial charge in [-0.3, -0.25) is 0 Å². The predicted molar refractivity (Wildman–Crippen MR) is 64.4 cm³/mol. The molecule has 0 bridgehead atoms. The van der Waals surface area contributed by atoms with Crippen molar-refractivity contribution in [1.82, 2.24) is 5.32 Å². The van der Waals surface area contributed by atoms with Crippen molar-refractivity contribution in [2.24, 2.45) is 5.73 Å². The predicted octanol–water partition coefficient (Wildman–Crippen LogP) is 2.45. The number of rotatable bonds is 9. The lowest BCUT2D eigenvalue weighted by atomic mass is 9.94. The number of nitrogens with two attached hydrogens (primary N) is 1. The Labute approximate surface area is 89.0 Å². The van der Waals surface area contributed by atoms with Gasteiger partial charge in [0.15, 0.2) is 0 Å². The van der Waals surface area contributed by atoms with Crippen molar-refractivity contribution in [1.29, 1.82) is 0 Å². The number of hydrogen-bond donors (Lipinski definition) is 2. The Morgan fingerprint density at radius 3 is 2.57 bits per heavy atom. The third-order valence-electron chi connectivity index (χ3n) is 2.71. The SMILES string of the molecule is C=CCNC(C)(CN)CCCCCC. The summed E-state index contributed by atoms with van der Waals surface area (Å²) in [6, 6.07) is 0. The van der Waals surface area contributed by atoms with Crippen molar-refractivity contribution in [2.75, 3.05) is 13.1 Å². The van der Waals surface area contributed by atoms with Crippen LogP contribution in [0.3, 0.4) is 0 Å². The van der Waals surface area contributed by atoms with Crippen molar-refractivity contribution in [3.05, 3.63) is 12.7 Å². The van der Waals surface area contributed by atoms with E-state index in [1.54, 1.807) is 0 Å². The topological polar surface area (TPSA) is 38.0 Å². The quantitative estimate of drug-likeness (QED) is 0.441. The van der Waals surface area contributed by atoms with Crippen molar-refractivity contribution >= 4 is 0 Å². The zero-order valence-corrected chi connectivity index (χ0v) is 9.81. The summed E-state index contributed by atoms with van der Waals surface area (Å²) in [5.41, 5.74) is 5.86. The molecular formula is C12H26N2. The molecule has 0 aliphatic rings. The van der Waals surface area contributed by atoms with Crippen LogP contribution in [0.4, 0.5) is 0 Å². The van der Waals surface area contributed by atoms with Gasteiger partial charge >= 0.3 is 0 Å². The molecule has 0 spiro atoms. The molecule has 2 heteroatoms. The summed E-state index contributed by atoms with van der Waals surface area (Å²) in [5.74, 6) is 0. The van der Waals surface area contributed by atoms with Gasteiger partial charge in [-0.2, -0.15) is 0 Å². The van der Waals surface area contributed by atoms with Crippen LogP contribution in [0.15, 0.2) is 12.7 Å². The Morgan fingerprint density at radius 1 is 1.36 bits per heavy atom. The monoisotopic (exact) mass is 198 g/mol. The van der Waals surface area contributed by atoms with Crippen LogP contribution in [0, 0.1) is 0 Å². The van der Waals surface area contributed by atoms with Crippen LogP contribution >= 0.6 is 0 Å². The normalized spacial score (nSPS) is 15.1. The highest BCUT2D eigenvalue weighted by Gasteiger charge is 2.19. The summed E-state index contributed by atoms with van der Waals surface area (Å²) in [4.78, 5) is 0. The third-order valence-corrected chi connectivity index (χ3v) is 2.71. The molecule has 1 atom stereocenters. The lowest BCUT2D eigenvalue weighted by Gasteiger charge is -2.29. The maximum atomic E-state index is 5.77. The largest absolute Gasteiger partial charge is 0.329 e. The highest BCUT2D eigenvalue weighted by molar-refractivity contribution is 4.87. The minimum Gasteiger partial charge on any atom is -0.329 e. The third kappa shape index (κ3) is 6.17. The van der Waals surface area contributed by atoms with Gasteiger partial charge in [-0.05, 0) is 13.3 Å². The molecule has 0 aliphatic heterocycles. The van der Waals surface area contributed by atoms with Crippen LogP contribution in [-0.2, 0) is 0 Å². The average Bonchev–Trinajstić information content (AvgIpc) is 2.22. The van der Waals surface area contributed by atoms with E-state index in [1.165, 1.54) is 25.7 Å². The van der Waals surface area contributed by atoms with Crippen LogP contribution < -0.4 is 11.1 Å². The van der Waals surface area contributed by atoms with Crippen LogP contribution in [0.25, 0.3) is 0 Å². The zero-order valence-electron chi connectivity index (χ0n) is 9.81. The zero-order chi connectivity index (χ0) is 10.9. The lowest BCUT2D eigenvalue weighted by molar-refractivity contribution is 0.339. The Hall–Kier alpha value is -0.340. The van der Waals surface area contributed by atoms with Gasteiger partial charge in [0.25, 0.3) is 0 Å². The first-order chi connectivity index (χ1) is 6.68. The molecule has 84 valence electrons. The van der Waals surface area contributed by atoms with Crippen LogP contribution in [0.2, 0.25) is 0 Å². The van der Waals surface area contributed by atoms with Gasteiger partial charge in [-0.25, -0.2) is 0 Å². The highest BCUT2D eigenvalue weighted by atomic mass is 15.0. The van der Waals surface area contributed by atoms with Crippen molar-refractivity contribution < 1.29 is 0 Å². The molecule has 0 aromatic heterocycles.